The van der Waals surface area contributed by atoms with Crippen molar-refractivity contribution in [1.82, 2.24) is 0 Å². The maximum atomic E-state index is 5.33. The molecule has 0 saturated heterocycles. The molecule has 1 aromatic heterocycles. The van der Waals surface area contributed by atoms with Gasteiger partial charge in [-0.1, -0.05) is 18.1 Å². The zero-order valence-electron chi connectivity index (χ0n) is 8.36. The number of hydrogen-bond donors (Lipinski definition) is 0. The second kappa shape index (κ2) is 4.20. The third-order valence-corrected chi connectivity index (χ3v) is 3.01. The Balaban J connectivity index is 2.41. The highest BCUT2D eigenvalue weighted by Gasteiger charge is 2.01. The molecule has 2 heteroatoms. The third-order valence-electron chi connectivity index (χ3n) is 2.14. The van der Waals surface area contributed by atoms with Gasteiger partial charge in [-0.3, -0.25) is 0 Å². The van der Waals surface area contributed by atoms with E-state index in [-0.39, 0.29) is 0 Å². The van der Waals surface area contributed by atoms with Crippen LogP contribution in [0.3, 0.4) is 0 Å². The van der Waals surface area contributed by atoms with E-state index in [1.807, 2.05) is 30.3 Å². The minimum atomic E-state index is 0.862. The van der Waals surface area contributed by atoms with E-state index in [0.29, 0.717) is 0 Å². The first-order valence-electron chi connectivity index (χ1n) is 4.53. The first-order chi connectivity index (χ1) is 7.33. The van der Waals surface area contributed by atoms with Crippen molar-refractivity contribution in [3.63, 3.8) is 0 Å². The van der Waals surface area contributed by atoms with E-state index in [4.69, 9.17) is 11.2 Å². The smallest absolute Gasteiger partial charge is 0.119 e. The van der Waals surface area contributed by atoms with Crippen LogP contribution >= 0.6 is 11.3 Å². The quantitative estimate of drug-likeness (QED) is 0.696. The third kappa shape index (κ3) is 2.03. The van der Waals surface area contributed by atoms with Gasteiger partial charge < -0.3 is 4.74 Å². The van der Waals surface area contributed by atoms with Crippen molar-refractivity contribution in [1.29, 1.82) is 0 Å². The summed E-state index contributed by atoms with van der Waals surface area (Å²) in [5.74, 6) is 3.49. The SMILES string of the molecule is C#Cc1cc(-c2cccc(OC)c2)cs1. The van der Waals surface area contributed by atoms with Crippen LogP contribution in [0.4, 0.5) is 0 Å². The largest absolute Gasteiger partial charge is 0.497 e. The Kier molecular flexibility index (Phi) is 2.75. The molecule has 0 N–H and O–H groups in total. The van der Waals surface area contributed by atoms with Gasteiger partial charge in [-0.25, -0.2) is 0 Å². The fourth-order valence-electron chi connectivity index (χ4n) is 1.37. The van der Waals surface area contributed by atoms with Gasteiger partial charge in [0.05, 0.1) is 12.0 Å². The summed E-state index contributed by atoms with van der Waals surface area (Å²) >= 11 is 1.58. The highest BCUT2D eigenvalue weighted by molar-refractivity contribution is 7.11. The van der Waals surface area contributed by atoms with Crippen LogP contribution < -0.4 is 4.74 Å². The van der Waals surface area contributed by atoms with E-state index in [0.717, 1.165) is 21.8 Å². The van der Waals surface area contributed by atoms with E-state index in [1.54, 1.807) is 18.4 Å². The molecule has 0 aliphatic carbocycles. The number of terminal acetylenes is 1. The molecule has 1 aromatic carbocycles. The summed E-state index contributed by atoms with van der Waals surface area (Å²) in [6, 6.07) is 9.96. The second-order valence-corrected chi connectivity index (χ2v) is 3.99. The van der Waals surface area contributed by atoms with Crippen LogP contribution in [0.25, 0.3) is 11.1 Å². The zero-order chi connectivity index (χ0) is 10.7. The van der Waals surface area contributed by atoms with Crippen LogP contribution in [0.15, 0.2) is 35.7 Å². The van der Waals surface area contributed by atoms with Crippen molar-refractivity contribution >= 4 is 11.3 Å². The molecule has 0 amide bonds. The number of thiophene rings is 1. The molecule has 1 nitrogen and oxygen atoms in total. The van der Waals surface area contributed by atoms with Gasteiger partial charge in [0.1, 0.15) is 5.75 Å². The topological polar surface area (TPSA) is 9.23 Å². The van der Waals surface area contributed by atoms with Crippen molar-refractivity contribution in [2.75, 3.05) is 7.11 Å². The first kappa shape index (κ1) is 9.82. The first-order valence-corrected chi connectivity index (χ1v) is 5.41. The van der Waals surface area contributed by atoms with E-state index in [1.165, 1.54) is 0 Å². The molecular formula is C13H10OS. The van der Waals surface area contributed by atoms with Gasteiger partial charge in [-0.15, -0.1) is 17.8 Å². The monoisotopic (exact) mass is 214 g/mol. The number of hydrogen-bond acceptors (Lipinski definition) is 2. The standard InChI is InChI=1S/C13H10OS/c1-3-13-8-11(9-15-13)10-5-4-6-12(7-10)14-2/h1,4-9H,2H3. The minimum absolute atomic E-state index is 0.862. The number of benzene rings is 1. The Morgan fingerprint density at radius 2 is 2.13 bits per heavy atom. The summed E-state index contributed by atoms with van der Waals surface area (Å²) in [4.78, 5) is 0.952. The Labute approximate surface area is 93.3 Å². The van der Waals surface area contributed by atoms with Gasteiger partial charge in [-0.2, -0.15) is 0 Å². The van der Waals surface area contributed by atoms with E-state index >= 15 is 0 Å². The second-order valence-electron chi connectivity index (χ2n) is 3.08. The average molecular weight is 214 g/mol. The lowest BCUT2D eigenvalue weighted by molar-refractivity contribution is 0.415. The van der Waals surface area contributed by atoms with Crippen LogP contribution in [0.1, 0.15) is 4.88 Å². The van der Waals surface area contributed by atoms with Gasteiger partial charge in [0.15, 0.2) is 0 Å². The van der Waals surface area contributed by atoms with Crippen LogP contribution in [0.5, 0.6) is 5.75 Å². The Bertz CT molecular complexity index is 505. The fourth-order valence-corrected chi connectivity index (χ4v) is 2.09. The molecule has 2 aromatic rings. The molecule has 0 radical (unpaired) electrons. The normalized spacial score (nSPS) is 9.60. The van der Waals surface area contributed by atoms with Crippen LogP contribution in [0, 0.1) is 12.3 Å². The lowest BCUT2D eigenvalue weighted by atomic mass is 10.1. The highest BCUT2D eigenvalue weighted by Crippen LogP contribution is 2.27. The number of ether oxygens (including phenoxy) is 1. The Morgan fingerprint density at radius 3 is 2.80 bits per heavy atom. The summed E-state index contributed by atoms with van der Waals surface area (Å²) in [6.07, 6.45) is 5.33. The molecule has 0 aliphatic heterocycles. The van der Waals surface area contributed by atoms with Gasteiger partial charge in [0.2, 0.25) is 0 Å². The van der Waals surface area contributed by atoms with Crippen LogP contribution in [0.2, 0.25) is 0 Å². The molecule has 0 bridgehead atoms. The van der Waals surface area contributed by atoms with Gasteiger partial charge in [-0.05, 0) is 34.7 Å². The molecular weight excluding hydrogens is 204 g/mol. The lowest BCUT2D eigenvalue weighted by Crippen LogP contribution is -1.82. The number of methoxy groups -OCH3 is 1. The lowest BCUT2D eigenvalue weighted by Gasteiger charge is -2.01. The zero-order valence-corrected chi connectivity index (χ0v) is 9.17. The summed E-state index contributed by atoms with van der Waals surface area (Å²) in [5.41, 5.74) is 2.28. The molecule has 0 unspecified atom stereocenters. The molecule has 0 aliphatic rings. The average Bonchev–Trinajstić information content (AvgIpc) is 2.78. The van der Waals surface area contributed by atoms with E-state index < -0.39 is 0 Å². The Morgan fingerprint density at radius 1 is 1.27 bits per heavy atom. The van der Waals surface area contributed by atoms with Gasteiger partial charge >= 0.3 is 0 Å². The fraction of sp³-hybridized carbons (Fsp3) is 0.0769. The number of rotatable bonds is 2. The van der Waals surface area contributed by atoms with Crippen molar-refractivity contribution in [2.24, 2.45) is 0 Å². The summed E-state index contributed by atoms with van der Waals surface area (Å²) in [7, 11) is 1.67. The molecule has 0 atom stereocenters. The van der Waals surface area contributed by atoms with Crippen molar-refractivity contribution < 1.29 is 4.74 Å². The molecule has 0 fully saturated rings. The van der Waals surface area contributed by atoms with Gasteiger partial charge in [0, 0.05) is 0 Å². The van der Waals surface area contributed by atoms with Crippen molar-refractivity contribution in [2.45, 2.75) is 0 Å². The van der Waals surface area contributed by atoms with Gasteiger partial charge in [0.25, 0.3) is 0 Å². The van der Waals surface area contributed by atoms with Crippen molar-refractivity contribution in [3.05, 3.63) is 40.6 Å². The highest BCUT2D eigenvalue weighted by atomic mass is 32.1. The Hall–Kier alpha value is -1.72. The van der Waals surface area contributed by atoms with Crippen molar-refractivity contribution in [3.8, 4) is 29.2 Å². The summed E-state index contributed by atoms with van der Waals surface area (Å²) < 4.78 is 5.17. The van der Waals surface area contributed by atoms with Crippen LogP contribution in [-0.4, -0.2) is 7.11 Å². The predicted octanol–water partition coefficient (Wildman–Crippen LogP) is 3.41. The summed E-state index contributed by atoms with van der Waals surface area (Å²) in [6.45, 7) is 0. The molecule has 0 spiro atoms. The maximum absolute atomic E-state index is 5.33. The molecule has 0 saturated carbocycles. The molecule has 2 rings (SSSR count). The molecule has 15 heavy (non-hydrogen) atoms. The predicted molar refractivity (Wildman–Crippen MR) is 64.2 cm³/mol. The minimum Gasteiger partial charge on any atom is -0.497 e. The summed E-state index contributed by atoms with van der Waals surface area (Å²) in [5, 5.41) is 2.06. The van der Waals surface area contributed by atoms with E-state index in [9.17, 15) is 0 Å². The molecule has 74 valence electrons. The molecule has 1 heterocycles. The maximum Gasteiger partial charge on any atom is 0.119 e. The van der Waals surface area contributed by atoms with Crippen LogP contribution in [-0.2, 0) is 0 Å². The van der Waals surface area contributed by atoms with E-state index in [2.05, 4.69) is 11.3 Å².